The molecule has 2 aromatic heterocycles. The van der Waals surface area contributed by atoms with Crippen molar-refractivity contribution in [1.82, 2.24) is 24.3 Å². The van der Waals surface area contributed by atoms with Gasteiger partial charge in [-0.15, -0.1) is 0 Å². The molecule has 5 rings (SSSR count). The third-order valence-electron chi connectivity index (χ3n) is 8.63. The van der Waals surface area contributed by atoms with Crippen molar-refractivity contribution in [3.05, 3.63) is 41.8 Å². The molecule has 0 bridgehead atoms. The maximum atomic E-state index is 12.4. The molecule has 2 saturated heterocycles. The summed E-state index contributed by atoms with van der Waals surface area (Å²) in [6, 6.07) is 11.5. The molecule has 2 aliphatic rings. The highest BCUT2D eigenvalue weighted by molar-refractivity contribution is 6.76. The lowest BCUT2D eigenvalue weighted by Gasteiger charge is -2.38. The van der Waals surface area contributed by atoms with Crippen LogP contribution in [0, 0.1) is 5.92 Å². The van der Waals surface area contributed by atoms with Crippen molar-refractivity contribution >= 4 is 36.8 Å². The molecular formula is C34H50ClN5O4Si. The second kappa shape index (κ2) is 14.4. The maximum absolute atomic E-state index is 12.4. The van der Waals surface area contributed by atoms with Crippen molar-refractivity contribution in [2.45, 2.75) is 90.6 Å². The molecular weight excluding hydrogens is 606 g/mol. The lowest BCUT2D eigenvalue weighted by atomic mass is 9.95. The molecule has 0 unspecified atom stereocenters. The molecule has 11 heteroatoms. The fraction of sp³-hybridized carbons (Fsp3) is 0.618. The van der Waals surface area contributed by atoms with E-state index in [0.29, 0.717) is 17.8 Å². The average Bonchev–Trinajstić information content (AvgIpc) is 3.35. The Morgan fingerprint density at radius 1 is 1.00 bits per heavy atom. The van der Waals surface area contributed by atoms with Gasteiger partial charge in [0.1, 0.15) is 41.3 Å². The van der Waals surface area contributed by atoms with E-state index in [1.54, 1.807) is 0 Å². The largest absolute Gasteiger partial charge is 0.490 e. The standard InChI is InChI=1S/C34H50ClN5O4Si/c1-34(2,3)44-33(41)39-17-11-25(12-18-39)22-38-15-13-28(14-16-38)43-27-9-7-26(8-10-27)30-21-29-31(35)36-23-37-32(29)40(30)24-42-19-20-45(4,5)6/h7-10,21,23,25,28H,11-20,22,24H2,1-6H3. The van der Waals surface area contributed by atoms with Gasteiger partial charge in [0.05, 0.1) is 11.1 Å². The Bertz CT molecular complexity index is 1420. The number of amides is 1. The zero-order valence-corrected chi connectivity index (χ0v) is 29.6. The number of rotatable bonds is 10. The third-order valence-corrected chi connectivity index (χ3v) is 10.6. The number of carbonyl (C=O) groups excluding carboxylic acids is 1. The van der Waals surface area contributed by atoms with Gasteiger partial charge in [0, 0.05) is 47.4 Å². The fourth-order valence-electron chi connectivity index (χ4n) is 6.03. The smallest absolute Gasteiger partial charge is 0.410 e. The Morgan fingerprint density at radius 2 is 1.69 bits per heavy atom. The predicted molar refractivity (Wildman–Crippen MR) is 183 cm³/mol. The second-order valence-electron chi connectivity index (χ2n) is 14.8. The highest BCUT2D eigenvalue weighted by Gasteiger charge is 2.29. The molecule has 0 saturated carbocycles. The predicted octanol–water partition coefficient (Wildman–Crippen LogP) is 7.55. The van der Waals surface area contributed by atoms with E-state index in [-0.39, 0.29) is 12.2 Å². The SMILES string of the molecule is CC(C)(C)OC(=O)N1CCC(CN2CCC(Oc3ccc(-c4cc5c(Cl)ncnc5n4COCC[Si](C)(C)C)cc3)CC2)CC1. The van der Waals surface area contributed by atoms with Crippen molar-refractivity contribution in [2.24, 2.45) is 5.92 Å². The van der Waals surface area contributed by atoms with E-state index in [9.17, 15) is 4.79 Å². The number of hydrogen-bond donors (Lipinski definition) is 0. The van der Waals surface area contributed by atoms with Gasteiger partial charge in [-0.05, 0) is 94.3 Å². The average molecular weight is 656 g/mol. The summed E-state index contributed by atoms with van der Waals surface area (Å²) in [5.41, 5.74) is 2.38. The Balaban J connectivity index is 1.12. The van der Waals surface area contributed by atoms with Crippen LogP contribution in [-0.2, 0) is 16.2 Å². The van der Waals surface area contributed by atoms with Crippen LogP contribution < -0.4 is 4.74 Å². The number of aromatic nitrogens is 3. The molecule has 1 aromatic carbocycles. The first kappa shape index (κ1) is 33.7. The highest BCUT2D eigenvalue weighted by atomic mass is 35.5. The van der Waals surface area contributed by atoms with Crippen LogP contribution in [0.5, 0.6) is 5.75 Å². The number of likely N-dealkylation sites (tertiary alicyclic amines) is 2. The molecule has 2 aliphatic heterocycles. The first-order valence-electron chi connectivity index (χ1n) is 16.4. The molecule has 0 atom stereocenters. The summed E-state index contributed by atoms with van der Waals surface area (Å²) in [5, 5.41) is 1.27. The van der Waals surface area contributed by atoms with E-state index in [1.807, 2.05) is 31.7 Å². The third kappa shape index (κ3) is 9.44. The van der Waals surface area contributed by atoms with Gasteiger partial charge in [0.15, 0.2) is 0 Å². The zero-order chi connectivity index (χ0) is 32.2. The molecule has 246 valence electrons. The number of carbonyl (C=O) groups is 1. The number of piperidine rings is 2. The molecule has 9 nitrogen and oxygen atoms in total. The van der Waals surface area contributed by atoms with Crippen LogP contribution in [0.25, 0.3) is 22.3 Å². The Morgan fingerprint density at radius 3 is 2.33 bits per heavy atom. The lowest BCUT2D eigenvalue weighted by molar-refractivity contribution is 0.0156. The van der Waals surface area contributed by atoms with E-state index in [2.05, 4.69) is 63.3 Å². The van der Waals surface area contributed by atoms with Gasteiger partial charge < -0.3 is 28.6 Å². The summed E-state index contributed by atoms with van der Waals surface area (Å²) >= 11 is 6.44. The van der Waals surface area contributed by atoms with Gasteiger partial charge in [0.2, 0.25) is 0 Å². The minimum Gasteiger partial charge on any atom is -0.490 e. The summed E-state index contributed by atoms with van der Waals surface area (Å²) in [5.74, 6) is 1.51. The van der Waals surface area contributed by atoms with Crippen LogP contribution in [0.1, 0.15) is 46.5 Å². The van der Waals surface area contributed by atoms with Gasteiger partial charge in [0.25, 0.3) is 0 Å². The normalized spacial score (nSPS) is 17.6. The molecule has 0 radical (unpaired) electrons. The molecule has 2 fully saturated rings. The summed E-state index contributed by atoms with van der Waals surface area (Å²) in [7, 11) is -1.18. The quantitative estimate of drug-likeness (QED) is 0.127. The van der Waals surface area contributed by atoms with Crippen LogP contribution in [0.2, 0.25) is 30.8 Å². The number of fused-ring (bicyclic) bond motifs is 1. The minimum absolute atomic E-state index is 0.185. The van der Waals surface area contributed by atoms with Crippen LogP contribution in [-0.4, -0.2) is 89.5 Å². The fourth-order valence-corrected chi connectivity index (χ4v) is 6.97. The van der Waals surface area contributed by atoms with E-state index in [1.165, 1.54) is 6.33 Å². The van der Waals surface area contributed by atoms with Gasteiger partial charge >= 0.3 is 6.09 Å². The summed E-state index contributed by atoms with van der Waals surface area (Å²) in [6.07, 6.45) is 5.62. The van der Waals surface area contributed by atoms with Crippen LogP contribution in [0.15, 0.2) is 36.7 Å². The molecule has 0 aliphatic carbocycles. The lowest BCUT2D eigenvalue weighted by Crippen LogP contribution is -2.45. The molecule has 3 aromatic rings. The maximum Gasteiger partial charge on any atom is 0.410 e. The Hall–Kier alpha value is -2.66. The molecule has 1 amide bonds. The number of hydrogen-bond acceptors (Lipinski definition) is 7. The van der Waals surface area contributed by atoms with Gasteiger partial charge in [-0.3, -0.25) is 0 Å². The van der Waals surface area contributed by atoms with Gasteiger partial charge in [-0.1, -0.05) is 31.2 Å². The number of benzene rings is 1. The Labute approximate surface area is 274 Å². The van der Waals surface area contributed by atoms with E-state index in [0.717, 1.165) is 99.1 Å². The first-order valence-corrected chi connectivity index (χ1v) is 20.5. The summed E-state index contributed by atoms with van der Waals surface area (Å²) in [4.78, 5) is 25.5. The van der Waals surface area contributed by atoms with Crippen LogP contribution in [0.4, 0.5) is 4.79 Å². The first-order chi connectivity index (χ1) is 21.3. The van der Waals surface area contributed by atoms with Crippen molar-refractivity contribution in [1.29, 1.82) is 0 Å². The highest BCUT2D eigenvalue weighted by Crippen LogP contribution is 2.32. The number of nitrogens with zero attached hydrogens (tertiary/aromatic N) is 5. The van der Waals surface area contributed by atoms with Crippen molar-refractivity contribution < 1.29 is 19.0 Å². The summed E-state index contributed by atoms with van der Waals surface area (Å²) in [6.45, 7) is 18.7. The monoisotopic (exact) mass is 655 g/mol. The summed E-state index contributed by atoms with van der Waals surface area (Å²) < 4.78 is 20.2. The van der Waals surface area contributed by atoms with E-state index in [4.69, 9.17) is 25.8 Å². The van der Waals surface area contributed by atoms with Gasteiger partial charge in [-0.2, -0.15) is 0 Å². The van der Waals surface area contributed by atoms with Crippen LogP contribution in [0.3, 0.4) is 0 Å². The Kier molecular flexibility index (Phi) is 10.8. The molecule has 45 heavy (non-hydrogen) atoms. The number of halogens is 1. The van der Waals surface area contributed by atoms with Crippen molar-refractivity contribution in [2.75, 3.05) is 39.3 Å². The van der Waals surface area contributed by atoms with Crippen LogP contribution >= 0.6 is 11.6 Å². The zero-order valence-electron chi connectivity index (χ0n) is 27.9. The second-order valence-corrected chi connectivity index (χ2v) is 20.7. The van der Waals surface area contributed by atoms with E-state index < -0.39 is 13.7 Å². The minimum atomic E-state index is -1.18. The van der Waals surface area contributed by atoms with Crippen molar-refractivity contribution in [3.8, 4) is 17.0 Å². The van der Waals surface area contributed by atoms with E-state index >= 15 is 0 Å². The molecule has 4 heterocycles. The molecule has 0 spiro atoms. The van der Waals surface area contributed by atoms with Crippen molar-refractivity contribution in [3.63, 3.8) is 0 Å². The van der Waals surface area contributed by atoms with Gasteiger partial charge in [-0.25, -0.2) is 14.8 Å². The number of ether oxygens (including phenoxy) is 3. The molecule has 0 N–H and O–H groups in total. The topological polar surface area (TPSA) is 82.0 Å².